The number of likely N-dealkylation sites (N-methyl/N-ethyl adjacent to an activating group) is 2. The molecule has 0 aliphatic carbocycles. The number of amides is 2. The molecule has 112 valence electrons. The van der Waals surface area contributed by atoms with E-state index in [2.05, 4.69) is 5.32 Å². The third-order valence-electron chi connectivity index (χ3n) is 2.25. The molecule has 0 saturated heterocycles. The largest absolute Gasteiger partial charge is 0.444 e. The number of carbonyl (C=O) groups excluding carboxylic acids is 2. The van der Waals surface area contributed by atoms with Crippen molar-refractivity contribution >= 4 is 12.0 Å². The molecule has 6 heteroatoms. The number of hydrogen-bond donors (Lipinski definition) is 1. The Kier molecular flexibility index (Phi) is 7.44. The molecule has 1 N–H and O–H groups in total. The molecule has 0 heterocycles. The minimum atomic E-state index is -0.550. The van der Waals surface area contributed by atoms with Crippen molar-refractivity contribution in [1.29, 1.82) is 0 Å². The molecule has 0 radical (unpaired) electrons. The zero-order valence-electron chi connectivity index (χ0n) is 12.9. The SMILES string of the molecule is CCN(CC(=O)NCCN(C)C)C(=O)OC(C)(C)C. The standard InChI is InChI=1S/C13H27N3O3/c1-7-16(12(18)19-13(2,3)4)10-11(17)14-8-9-15(5)6/h7-10H2,1-6H3,(H,14,17). The minimum absolute atomic E-state index is 0.0266. The summed E-state index contributed by atoms with van der Waals surface area (Å²) in [6.07, 6.45) is -0.460. The lowest BCUT2D eigenvalue weighted by Crippen LogP contribution is -2.44. The number of rotatable bonds is 6. The average molecular weight is 273 g/mol. The predicted molar refractivity (Wildman–Crippen MR) is 75.0 cm³/mol. The fourth-order valence-corrected chi connectivity index (χ4v) is 1.28. The first kappa shape index (κ1) is 17.7. The molecule has 0 aromatic carbocycles. The van der Waals surface area contributed by atoms with Crippen LogP contribution in [0.5, 0.6) is 0 Å². The normalized spacial score (nSPS) is 11.3. The van der Waals surface area contributed by atoms with Crippen molar-refractivity contribution in [3.8, 4) is 0 Å². The summed E-state index contributed by atoms with van der Waals surface area (Å²) < 4.78 is 5.23. The van der Waals surface area contributed by atoms with Crippen LogP contribution in [0, 0.1) is 0 Å². The highest BCUT2D eigenvalue weighted by Crippen LogP contribution is 2.09. The van der Waals surface area contributed by atoms with Gasteiger partial charge in [-0.2, -0.15) is 0 Å². The Hall–Kier alpha value is -1.30. The van der Waals surface area contributed by atoms with Crippen LogP contribution >= 0.6 is 0 Å². The van der Waals surface area contributed by atoms with Crippen LogP contribution in [0.2, 0.25) is 0 Å². The van der Waals surface area contributed by atoms with Crippen molar-refractivity contribution in [2.24, 2.45) is 0 Å². The van der Waals surface area contributed by atoms with Crippen LogP contribution in [0.3, 0.4) is 0 Å². The Morgan fingerprint density at radius 2 is 1.79 bits per heavy atom. The Morgan fingerprint density at radius 1 is 1.21 bits per heavy atom. The highest BCUT2D eigenvalue weighted by atomic mass is 16.6. The fourth-order valence-electron chi connectivity index (χ4n) is 1.28. The molecule has 0 saturated carbocycles. The fraction of sp³-hybridized carbons (Fsp3) is 0.846. The first-order valence-electron chi connectivity index (χ1n) is 6.55. The maximum atomic E-state index is 11.8. The molecule has 0 rings (SSSR count). The van der Waals surface area contributed by atoms with E-state index < -0.39 is 11.7 Å². The number of hydrogen-bond acceptors (Lipinski definition) is 4. The zero-order valence-corrected chi connectivity index (χ0v) is 12.9. The van der Waals surface area contributed by atoms with Crippen molar-refractivity contribution in [2.45, 2.75) is 33.3 Å². The van der Waals surface area contributed by atoms with Gasteiger partial charge in [-0.05, 0) is 41.8 Å². The van der Waals surface area contributed by atoms with Crippen LogP contribution in [0.25, 0.3) is 0 Å². The number of ether oxygens (including phenoxy) is 1. The van der Waals surface area contributed by atoms with Crippen LogP contribution in [-0.2, 0) is 9.53 Å². The lowest BCUT2D eigenvalue weighted by molar-refractivity contribution is -0.122. The van der Waals surface area contributed by atoms with Crippen LogP contribution in [0.1, 0.15) is 27.7 Å². The number of nitrogens with zero attached hydrogens (tertiary/aromatic N) is 2. The van der Waals surface area contributed by atoms with Crippen molar-refractivity contribution in [3.05, 3.63) is 0 Å². The maximum absolute atomic E-state index is 11.8. The first-order valence-corrected chi connectivity index (χ1v) is 6.55. The molecule has 0 aliphatic heterocycles. The van der Waals surface area contributed by atoms with Gasteiger partial charge >= 0.3 is 6.09 Å². The zero-order chi connectivity index (χ0) is 15.1. The van der Waals surface area contributed by atoms with Gasteiger partial charge in [-0.1, -0.05) is 0 Å². The lowest BCUT2D eigenvalue weighted by atomic mass is 10.2. The maximum Gasteiger partial charge on any atom is 0.410 e. The third-order valence-corrected chi connectivity index (χ3v) is 2.25. The van der Waals surface area contributed by atoms with Crippen molar-refractivity contribution in [1.82, 2.24) is 15.1 Å². The topological polar surface area (TPSA) is 61.9 Å². The summed E-state index contributed by atoms with van der Waals surface area (Å²) in [6.45, 7) is 9.02. The molecule has 0 aromatic rings. The first-order chi connectivity index (χ1) is 8.65. The summed E-state index contributed by atoms with van der Waals surface area (Å²) in [5.74, 6) is -0.172. The smallest absolute Gasteiger partial charge is 0.410 e. The van der Waals surface area contributed by atoms with Gasteiger partial charge in [0.1, 0.15) is 12.1 Å². The van der Waals surface area contributed by atoms with E-state index in [9.17, 15) is 9.59 Å². The third kappa shape index (κ3) is 9.30. The quantitative estimate of drug-likeness (QED) is 0.782. The highest BCUT2D eigenvalue weighted by molar-refractivity contribution is 5.82. The molecule has 6 nitrogen and oxygen atoms in total. The van der Waals surface area contributed by atoms with E-state index >= 15 is 0 Å². The van der Waals surface area contributed by atoms with Gasteiger partial charge in [-0.15, -0.1) is 0 Å². The number of carbonyl (C=O) groups is 2. The second-order valence-corrected chi connectivity index (χ2v) is 5.65. The Labute approximate surface area is 116 Å². The summed E-state index contributed by atoms with van der Waals surface area (Å²) >= 11 is 0. The Morgan fingerprint density at radius 3 is 2.21 bits per heavy atom. The van der Waals surface area contributed by atoms with E-state index in [1.165, 1.54) is 4.90 Å². The van der Waals surface area contributed by atoms with E-state index in [0.29, 0.717) is 13.1 Å². The molecule has 0 unspecified atom stereocenters. The van der Waals surface area contributed by atoms with Gasteiger partial charge in [0.2, 0.25) is 5.91 Å². The van der Waals surface area contributed by atoms with Crippen LogP contribution in [0.4, 0.5) is 4.79 Å². The van der Waals surface area contributed by atoms with Gasteiger partial charge in [0.15, 0.2) is 0 Å². The van der Waals surface area contributed by atoms with Crippen molar-refractivity contribution in [3.63, 3.8) is 0 Å². The van der Waals surface area contributed by atoms with Crippen molar-refractivity contribution < 1.29 is 14.3 Å². The summed E-state index contributed by atoms with van der Waals surface area (Å²) in [4.78, 5) is 26.9. The second kappa shape index (κ2) is 7.99. The molecule has 0 aromatic heterocycles. The van der Waals surface area contributed by atoms with Crippen LogP contribution in [-0.4, -0.2) is 67.7 Å². The average Bonchev–Trinajstić information content (AvgIpc) is 2.22. The molecule has 0 fully saturated rings. The lowest BCUT2D eigenvalue weighted by Gasteiger charge is -2.26. The minimum Gasteiger partial charge on any atom is -0.444 e. The number of nitrogens with one attached hydrogen (secondary N) is 1. The Bertz CT molecular complexity index is 298. The monoisotopic (exact) mass is 273 g/mol. The van der Waals surface area contributed by atoms with E-state index in [-0.39, 0.29) is 12.5 Å². The molecule has 0 aliphatic rings. The van der Waals surface area contributed by atoms with Gasteiger partial charge in [-0.25, -0.2) is 4.79 Å². The second-order valence-electron chi connectivity index (χ2n) is 5.65. The van der Waals surface area contributed by atoms with E-state index in [1.54, 1.807) is 20.8 Å². The van der Waals surface area contributed by atoms with Gasteiger partial charge in [0.25, 0.3) is 0 Å². The molecule has 2 amide bonds. The van der Waals surface area contributed by atoms with Gasteiger partial charge in [0, 0.05) is 19.6 Å². The molecule has 0 bridgehead atoms. The van der Waals surface area contributed by atoms with E-state index in [4.69, 9.17) is 4.74 Å². The van der Waals surface area contributed by atoms with Crippen molar-refractivity contribution in [2.75, 3.05) is 40.3 Å². The van der Waals surface area contributed by atoms with E-state index in [1.807, 2.05) is 25.9 Å². The van der Waals surface area contributed by atoms with E-state index in [0.717, 1.165) is 6.54 Å². The summed E-state index contributed by atoms with van der Waals surface area (Å²) in [5, 5.41) is 2.77. The molecular weight excluding hydrogens is 246 g/mol. The van der Waals surface area contributed by atoms with Gasteiger partial charge in [-0.3, -0.25) is 9.69 Å². The summed E-state index contributed by atoms with van der Waals surface area (Å²) in [7, 11) is 3.87. The predicted octanol–water partition coefficient (Wildman–Crippen LogP) is 0.921. The Balaban J connectivity index is 4.17. The molecule has 0 spiro atoms. The molecule has 19 heavy (non-hydrogen) atoms. The van der Waals surface area contributed by atoms with Gasteiger partial charge < -0.3 is 15.0 Å². The van der Waals surface area contributed by atoms with Gasteiger partial charge in [0.05, 0.1) is 0 Å². The van der Waals surface area contributed by atoms with Crippen LogP contribution in [0.15, 0.2) is 0 Å². The highest BCUT2D eigenvalue weighted by Gasteiger charge is 2.22. The summed E-state index contributed by atoms with van der Waals surface area (Å²) in [5.41, 5.74) is -0.550. The molecule has 0 atom stereocenters. The molecular formula is C13H27N3O3. The van der Waals surface area contributed by atoms with Crippen LogP contribution < -0.4 is 5.32 Å². The summed E-state index contributed by atoms with van der Waals surface area (Å²) in [6, 6.07) is 0.